The van der Waals surface area contributed by atoms with Crippen molar-refractivity contribution in [1.82, 2.24) is 10.9 Å². The van der Waals surface area contributed by atoms with Gasteiger partial charge in [0.25, 0.3) is 5.91 Å². The van der Waals surface area contributed by atoms with Crippen LogP contribution < -0.4 is 15.6 Å². The molecule has 120 valence electrons. The number of aliphatic carboxylic acids is 1. The molecule has 0 fully saturated rings. The first-order valence-corrected chi connectivity index (χ1v) is 7.01. The van der Waals surface area contributed by atoms with Gasteiger partial charge in [-0.2, -0.15) is 0 Å². The summed E-state index contributed by atoms with van der Waals surface area (Å²) in [6.07, 6.45) is 0.0733. The van der Waals surface area contributed by atoms with Crippen molar-refractivity contribution in [2.24, 2.45) is 0 Å². The first kappa shape index (κ1) is 18.1. The second-order valence-electron chi connectivity index (χ2n) is 4.21. The SMILES string of the molecule is O=C(O)CCCC(=O)NNC(=O)COc1ccc(Cl)cc1Cl. The summed E-state index contributed by atoms with van der Waals surface area (Å²) in [6, 6.07) is 4.55. The van der Waals surface area contributed by atoms with Crippen LogP contribution in [0, 0.1) is 0 Å². The van der Waals surface area contributed by atoms with E-state index in [1.165, 1.54) is 12.1 Å². The molecule has 7 nitrogen and oxygen atoms in total. The lowest BCUT2D eigenvalue weighted by Crippen LogP contribution is -2.43. The Morgan fingerprint density at radius 2 is 1.77 bits per heavy atom. The van der Waals surface area contributed by atoms with Crippen LogP contribution in [0.3, 0.4) is 0 Å². The van der Waals surface area contributed by atoms with Crippen molar-refractivity contribution in [3.05, 3.63) is 28.2 Å². The van der Waals surface area contributed by atoms with E-state index < -0.39 is 17.8 Å². The van der Waals surface area contributed by atoms with Crippen LogP contribution >= 0.6 is 23.2 Å². The second-order valence-corrected chi connectivity index (χ2v) is 5.05. The summed E-state index contributed by atoms with van der Waals surface area (Å²) in [5.74, 6) is -1.77. The zero-order valence-corrected chi connectivity index (χ0v) is 12.9. The van der Waals surface area contributed by atoms with Gasteiger partial charge in [-0.1, -0.05) is 23.2 Å². The number of benzene rings is 1. The fourth-order valence-corrected chi connectivity index (χ4v) is 1.84. The number of carboxylic acid groups (broad SMARTS) is 1. The van der Waals surface area contributed by atoms with Crippen LogP contribution in [0.25, 0.3) is 0 Å². The predicted octanol–water partition coefficient (Wildman–Crippen LogP) is 1.77. The normalized spacial score (nSPS) is 9.91. The Bertz CT molecular complexity index is 565. The predicted molar refractivity (Wildman–Crippen MR) is 79.7 cm³/mol. The van der Waals surface area contributed by atoms with Gasteiger partial charge in [0, 0.05) is 17.9 Å². The minimum atomic E-state index is -0.981. The number of rotatable bonds is 7. The number of carbonyl (C=O) groups is 3. The molecule has 22 heavy (non-hydrogen) atoms. The lowest BCUT2D eigenvalue weighted by molar-refractivity contribution is -0.137. The number of halogens is 2. The molecule has 0 saturated carbocycles. The third-order valence-electron chi connectivity index (χ3n) is 2.39. The maximum Gasteiger partial charge on any atom is 0.303 e. The number of carboxylic acids is 1. The third kappa shape index (κ3) is 7.14. The maximum absolute atomic E-state index is 11.5. The molecule has 0 aliphatic rings. The Morgan fingerprint density at radius 1 is 1.09 bits per heavy atom. The van der Waals surface area contributed by atoms with Crippen molar-refractivity contribution in [3.8, 4) is 5.75 Å². The van der Waals surface area contributed by atoms with Crippen LogP contribution in [0.5, 0.6) is 5.75 Å². The second kappa shape index (κ2) is 9.11. The lowest BCUT2D eigenvalue weighted by atomic mass is 10.2. The molecule has 0 unspecified atom stereocenters. The molecular weight excluding hydrogens is 335 g/mol. The lowest BCUT2D eigenvalue weighted by Gasteiger charge is -2.09. The molecule has 1 aromatic rings. The van der Waals surface area contributed by atoms with Crippen LogP contribution in [-0.2, 0) is 14.4 Å². The van der Waals surface area contributed by atoms with Gasteiger partial charge in [-0.05, 0) is 24.6 Å². The van der Waals surface area contributed by atoms with Gasteiger partial charge in [-0.3, -0.25) is 25.2 Å². The Labute approximate surface area is 136 Å². The van der Waals surface area contributed by atoms with Crippen LogP contribution in [0.2, 0.25) is 10.0 Å². The van der Waals surface area contributed by atoms with Crippen molar-refractivity contribution in [3.63, 3.8) is 0 Å². The number of hydrogen-bond acceptors (Lipinski definition) is 4. The van der Waals surface area contributed by atoms with E-state index in [0.29, 0.717) is 5.02 Å². The van der Waals surface area contributed by atoms with Gasteiger partial charge in [-0.25, -0.2) is 0 Å². The van der Waals surface area contributed by atoms with Crippen LogP contribution in [0.15, 0.2) is 18.2 Å². The van der Waals surface area contributed by atoms with Crippen LogP contribution in [0.4, 0.5) is 0 Å². The van der Waals surface area contributed by atoms with E-state index in [9.17, 15) is 14.4 Å². The van der Waals surface area contributed by atoms with Gasteiger partial charge >= 0.3 is 5.97 Å². The fourth-order valence-electron chi connectivity index (χ4n) is 1.37. The fraction of sp³-hybridized carbons (Fsp3) is 0.308. The molecule has 0 saturated heterocycles. The van der Waals surface area contributed by atoms with E-state index in [1.807, 2.05) is 0 Å². The average Bonchev–Trinajstić information content (AvgIpc) is 2.43. The summed E-state index contributed by atoms with van der Waals surface area (Å²) in [7, 11) is 0. The molecule has 0 aromatic heterocycles. The zero-order chi connectivity index (χ0) is 16.5. The molecule has 0 radical (unpaired) electrons. The Hall–Kier alpha value is -1.99. The van der Waals surface area contributed by atoms with Gasteiger partial charge in [0.2, 0.25) is 5.91 Å². The summed E-state index contributed by atoms with van der Waals surface area (Å²) in [5.41, 5.74) is 4.29. The molecule has 9 heteroatoms. The quantitative estimate of drug-likeness (QED) is 0.651. The molecule has 0 atom stereocenters. The summed E-state index contributed by atoms with van der Waals surface area (Å²) in [6.45, 7) is -0.350. The summed E-state index contributed by atoms with van der Waals surface area (Å²) < 4.78 is 5.17. The Morgan fingerprint density at radius 3 is 2.41 bits per heavy atom. The van der Waals surface area contributed by atoms with Gasteiger partial charge < -0.3 is 9.84 Å². The van der Waals surface area contributed by atoms with Crippen molar-refractivity contribution >= 4 is 41.0 Å². The minimum absolute atomic E-state index is 0.00352. The van der Waals surface area contributed by atoms with Gasteiger partial charge in [0.1, 0.15) is 5.75 Å². The van der Waals surface area contributed by atoms with E-state index >= 15 is 0 Å². The highest BCUT2D eigenvalue weighted by Gasteiger charge is 2.08. The van der Waals surface area contributed by atoms with Crippen LogP contribution in [-0.4, -0.2) is 29.5 Å². The Kier molecular flexibility index (Phi) is 7.48. The molecular formula is C13H14Cl2N2O5. The highest BCUT2D eigenvalue weighted by Crippen LogP contribution is 2.27. The minimum Gasteiger partial charge on any atom is -0.482 e. The van der Waals surface area contributed by atoms with E-state index in [1.54, 1.807) is 6.07 Å². The molecule has 1 aromatic carbocycles. The van der Waals surface area contributed by atoms with E-state index in [-0.39, 0.29) is 36.6 Å². The third-order valence-corrected chi connectivity index (χ3v) is 2.92. The van der Waals surface area contributed by atoms with Crippen molar-refractivity contribution in [2.45, 2.75) is 19.3 Å². The summed E-state index contributed by atoms with van der Waals surface area (Å²) in [4.78, 5) is 33.0. The van der Waals surface area contributed by atoms with Crippen molar-refractivity contribution in [2.75, 3.05) is 6.61 Å². The highest BCUT2D eigenvalue weighted by molar-refractivity contribution is 6.35. The monoisotopic (exact) mass is 348 g/mol. The molecule has 0 bridgehead atoms. The van der Waals surface area contributed by atoms with Gasteiger partial charge in [0.15, 0.2) is 6.61 Å². The number of nitrogens with one attached hydrogen (secondary N) is 2. The highest BCUT2D eigenvalue weighted by atomic mass is 35.5. The molecule has 0 aliphatic carbocycles. The van der Waals surface area contributed by atoms with E-state index in [2.05, 4.69) is 10.9 Å². The van der Waals surface area contributed by atoms with Crippen LogP contribution in [0.1, 0.15) is 19.3 Å². The number of hydrazine groups is 1. The van der Waals surface area contributed by atoms with Crippen molar-refractivity contribution < 1.29 is 24.2 Å². The first-order chi connectivity index (χ1) is 10.4. The van der Waals surface area contributed by atoms with Gasteiger partial charge in [0.05, 0.1) is 5.02 Å². The molecule has 0 aliphatic heterocycles. The molecule has 0 heterocycles. The topological polar surface area (TPSA) is 105 Å². The average molecular weight is 349 g/mol. The summed E-state index contributed by atoms with van der Waals surface area (Å²) in [5, 5.41) is 9.13. The number of ether oxygens (including phenoxy) is 1. The molecule has 0 spiro atoms. The van der Waals surface area contributed by atoms with Gasteiger partial charge in [-0.15, -0.1) is 0 Å². The largest absolute Gasteiger partial charge is 0.482 e. The smallest absolute Gasteiger partial charge is 0.303 e. The van der Waals surface area contributed by atoms with Crippen molar-refractivity contribution in [1.29, 1.82) is 0 Å². The number of carbonyl (C=O) groups excluding carboxylic acids is 2. The number of amides is 2. The maximum atomic E-state index is 11.5. The van der Waals surface area contributed by atoms with E-state index in [0.717, 1.165) is 0 Å². The zero-order valence-electron chi connectivity index (χ0n) is 11.4. The first-order valence-electron chi connectivity index (χ1n) is 6.26. The summed E-state index contributed by atoms with van der Waals surface area (Å²) >= 11 is 11.6. The standard InChI is InChI=1S/C13H14Cl2N2O5/c14-8-4-5-10(9(15)6-8)22-7-12(19)17-16-11(18)2-1-3-13(20)21/h4-6H,1-3,7H2,(H,16,18)(H,17,19)(H,20,21). The molecule has 1 rings (SSSR count). The van der Waals surface area contributed by atoms with E-state index in [4.69, 9.17) is 33.0 Å². The number of hydrogen-bond donors (Lipinski definition) is 3. The molecule has 2 amide bonds. The Balaban J connectivity index is 2.26. The molecule has 3 N–H and O–H groups in total.